The summed E-state index contributed by atoms with van der Waals surface area (Å²) in [6.45, 7) is 3.04. The average Bonchev–Trinajstić information content (AvgIpc) is 3.11. The van der Waals surface area contributed by atoms with Gasteiger partial charge in [0.1, 0.15) is 11.6 Å². The van der Waals surface area contributed by atoms with Crippen LogP contribution in [0.15, 0.2) is 0 Å². The fraction of sp³-hybridized carbons (Fsp3) is 0.833. The van der Waals surface area contributed by atoms with Gasteiger partial charge in [-0.15, -0.1) is 0 Å². The smallest absolute Gasteiger partial charge is 0.342 e. The Morgan fingerprint density at radius 1 is 1.35 bits per heavy atom. The lowest BCUT2D eigenvalue weighted by molar-refractivity contribution is -0.155. The van der Waals surface area contributed by atoms with Crippen LogP contribution in [0.2, 0.25) is 0 Å². The molecule has 0 aromatic rings. The van der Waals surface area contributed by atoms with Gasteiger partial charge in [0.15, 0.2) is 0 Å². The van der Waals surface area contributed by atoms with Gasteiger partial charge in [0.2, 0.25) is 11.8 Å². The molecule has 0 spiro atoms. The summed E-state index contributed by atoms with van der Waals surface area (Å²) in [6.07, 6.45) is 1.75. The molecule has 20 heavy (non-hydrogen) atoms. The molecule has 0 aromatic heterocycles. The standard InChI is InChI=1S/C12H17F3N2O2S/c1-11(2)10(19)16-8(7-3-4-7)9(18)17(11)5-6-20-12(13,14)15/h7-8H,3-6H2,1-2H3,(H,16,19). The number of nitrogens with one attached hydrogen (secondary N) is 1. The first kappa shape index (κ1) is 15.5. The van der Waals surface area contributed by atoms with Gasteiger partial charge in [-0.2, -0.15) is 13.2 Å². The minimum Gasteiger partial charge on any atom is -0.342 e. The third-order valence-corrected chi connectivity index (χ3v) is 4.44. The normalized spacial score (nSPS) is 26.6. The minimum absolute atomic E-state index is 0.0767. The number of hydrogen-bond donors (Lipinski definition) is 1. The molecule has 1 aliphatic heterocycles. The number of carbonyl (C=O) groups excluding carboxylic acids is 2. The third kappa shape index (κ3) is 3.21. The molecule has 2 rings (SSSR count). The summed E-state index contributed by atoms with van der Waals surface area (Å²) in [4.78, 5) is 25.7. The van der Waals surface area contributed by atoms with E-state index in [2.05, 4.69) is 5.32 Å². The molecule has 1 saturated heterocycles. The van der Waals surface area contributed by atoms with Gasteiger partial charge in [-0.1, -0.05) is 0 Å². The van der Waals surface area contributed by atoms with Crippen LogP contribution < -0.4 is 5.32 Å². The summed E-state index contributed by atoms with van der Waals surface area (Å²) in [7, 11) is 0. The van der Waals surface area contributed by atoms with E-state index in [0.717, 1.165) is 12.8 Å². The lowest BCUT2D eigenvalue weighted by atomic mass is 9.94. The number of amides is 2. The monoisotopic (exact) mass is 310 g/mol. The maximum absolute atomic E-state index is 12.3. The molecular formula is C12H17F3N2O2S. The lowest BCUT2D eigenvalue weighted by Crippen LogP contribution is -2.69. The second kappa shape index (κ2) is 5.13. The van der Waals surface area contributed by atoms with E-state index < -0.39 is 17.1 Å². The Balaban J connectivity index is 2.05. The molecule has 1 aliphatic carbocycles. The van der Waals surface area contributed by atoms with Gasteiger partial charge in [-0.05, 0) is 44.4 Å². The highest BCUT2D eigenvalue weighted by molar-refractivity contribution is 8.00. The summed E-state index contributed by atoms with van der Waals surface area (Å²) < 4.78 is 36.5. The van der Waals surface area contributed by atoms with Crippen LogP contribution in [-0.4, -0.2) is 46.1 Å². The number of piperazine rings is 1. The molecule has 1 heterocycles. The van der Waals surface area contributed by atoms with Crippen molar-refractivity contribution in [3.8, 4) is 0 Å². The van der Waals surface area contributed by atoms with Crippen LogP contribution >= 0.6 is 11.8 Å². The zero-order chi connectivity index (χ0) is 15.1. The molecule has 2 fully saturated rings. The summed E-state index contributed by atoms with van der Waals surface area (Å²) >= 11 is -0.169. The topological polar surface area (TPSA) is 49.4 Å². The van der Waals surface area contributed by atoms with Crippen molar-refractivity contribution >= 4 is 23.6 Å². The summed E-state index contributed by atoms with van der Waals surface area (Å²) in [5, 5.41) is 2.70. The van der Waals surface area contributed by atoms with E-state index in [0.29, 0.717) is 0 Å². The molecule has 1 atom stereocenters. The van der Waals surface area contributed by atoms with Crippen LogP contribution in [0, 0.1) is 5.92 Å². The van der Waals surface area contributed by atoms with E-state index in [1.54, 1.807) is 13.8 Å². The fourth-order valence-corrected chi connectivity index (χ4v) is 2.84. The lowest BCUT2D eigenvalue weighted by Gasteiger charge is -2.44. The first-order chi connectivity index (χ1) is 9.13. The van der Waals surface area contributed by atoms with E-state index in [-0.39, 0.29) is 41.8 Å². The molecule has 8 heteroatoms. The van der Waals surface area contributed by atoms with E-state index in [4.69, 9.17) is 0 Å². The molecular weight excluding hydrogens is 293 g/mol. The van der Waals surface area contributed by atoms with Crippen LogP contribution in [0.3, 0.4) is 0 Å². The maximum atomic E-state index is 12.3. The Labute approximate surface area is 119 Å². The van der Waals surface area contributed by atoms with Crippen LogP contribution in [0.25, 0.3) is 0 Å². The van der Waals surface area contributed by atoms with Crippen molar-refractivity contribution in [1.82, 2.24) is 10.2 Å². The van der Waals surface area contributed by atoms with Crippen molar-refractivity contribution in [2.45, 2.75) is 43.8 Å². The van der Waals surface area contributed by atoms with Crippen molar-refractivity contribution in [2.75, 3.05) is 12.3 Å². The zero-order valence-corrected chi connectivity index (χ0v) is 12.1. The Kier molecular flexibility index (Phi) is 3.96. The van der Waals surface area contributed by atoms with Crippen molar-refractivity contribution in [3.63, 3.8) is 0 Å². The Hall–Kier alpha value is -0.920. The van der Waals surface area contributed by atoms with Crippen molar-refractivity contribution in [1.29, 1.82) is 0 Å². The number of nitrogens with zero attached hydrogens (tertiary/aromatic N) is 1. The van der Waals surface area contributed by atoms with E-state index in [1.165, 1.54) is 4.90 Å². The molecule has 1 saturated carbocycles. The van der Waals surface area contributed by atoms with Gasteiger partial charge >= 0.3 is 5.51 Å². The van der Waals surface area contributed by atoms with Crippen LogP contribution in [0.1, 0.15) is 26.7 Å². The van der Waals surface area contributed by atoms with Crippen LogP contribution in [-0.2, 0) is 9.59 Å². The van der Waals surface area contributed by atoms with Gasteiger partial charge in [-0.3, -0.25) is 9.59 Å². The van der Waals surface area contributed by atoms with Crippen molar-refractivity contribution in [2.24, 2.45) is 5.92 Å². The number of thioether (sulfide) groups is 1. The Bertz CT molecular complexity index is 421. The third-order valence-electron chi connectivity index (χ3n) is 3.72. The summed E-state index contributed by atoms with van der Waals surface area (Å²) in [5.41, 5.74) is -5.42. The highest BCUT2D eigenvalue weighted by Gasteiger charge is 2.50. The number of rotatable bonds is 4. The molecule has 0 radical (unpaired) electrons. The Morgan fingerprint density at radius 3 is 2.45 bits per heavy atom. The van der Waals surface area contributed by atoms with E-state index in [9.17, 15) is 22.8 Å². The minimum atomic E-state index is -4.32. The van der Waals surface area contributed by atoms with Gasteiger partial charge < -0.3 is 10.2 Å². The van der Waals surface area contributed by atoms with E-state index >= 15 is 0 Å². The quantitative estimate of drug-likeness (QED) is 0.861. The SMILES string of the molecule is CC1(C)C(=O)NC(C2CC2)C(=O)N1CCSC(F)(F)F. The molecule has 114 valence electrons. The second-order valence-electron chi connectivity index (χ2n) is 5.63. The number of carbonyl (C=O) groups is 2. The Morgan fingerprint density at radius 2 is 1.95 bits per heavy atom. The number of halogens is 3. The van der Waals surface area contributed by atoms with Crippen molar-refractivity contribution < 1.29 is 22.8 Å². The van der Waals surface area contributed by atoms with Crippen LogP contribution in [0.4, 0.5) is 13.2 Å². The number of hydrogen-bond acceptors (Lipinski definition) is 3. The molecule has 0 aromatic carbocycles. The zero-order valence-electron chi connectivity index (χ0n) is 11.3. The molecule has 1 N–H and O–H groups in total. The maximum Gasteiger partial charge on any atom is 0.441 e. The highest BCUT2D eigenvalue weighted by atomic mass is 32.2. The van der Waals surface area contributed by atoms with Gasteiger partial charge in [0.25, 0.3) is 0 Å². The summed E-state index contributed by atoms with van der Waals surface area (Å²) in [6, 6.07) is -0.564. The molecule has 0 bridgehead atoms. The first-order valence-corrected chi connectivity index (χ1v) is 7.44. The average molecular weight is 310 g/mol. The second-order valence-corrected chi connectivity index (χ2v) is 6.79. The summed E-state index contributed by atoms with van der Waals surface area (Å²) in [5.74, 6) is -0.685. The fourth-order valence-electron chi connectivity index (χ4n) is 2.34. The van der Waals surface area contributed by atoms with Gasteiger partial charge in [-0.25, -0.2) is 0 Å². The first-order valence-electron chi connectivity index (χ1n) is 6.46. The predicted octanol–water partition coefficient (Wildman–Crippen LogP) is 1.76. The number of alkyl halides is 3. The largest absolute Gasteiger partial charge is 0.441 e. The molecule has 2 amide bonds. The van der Waals surface area contributed by atoms with Crippen LogP contribution in [0.5, 0.6) is 0 Å². The molecule has 2 aliphatic rings. The molecule has 1 unspecified atom stereocenters. The van der Waals surface area contributed by atoms with Gasteiger partial charge in [0, 0.05) is 12.3 Å². The van der Waals surface area contributed by atoms with Crippen molar-refractivity contribution in [3.05, 3.63) is 0 Å². The van der Waals surface area contributed by atoms with E-state index in [1.807, 2.05) is 0 Å². The predicted molar refractivity (Wildman–Crippen MR) is 69.0 cm³/mol. The molecule has 4 nitrogen and oxygen atoms in total. The highest BCUT2D eigenvalue weighted by Crippen LogP contribution is 2.37. The van der Waals surface area contributed by atoms with Gasteiger partial charge in [0.05, 0.1) is 0 Å².